The third-order valence-electron chi connectivity index (χ3n) is 2.86. The maximum Gasteiger partial charge on any atom is 0.126 e. The third kappa shape index (κ3) is 1.41. The molecule has 0 amide bonds. The molecule has 0 bridgehead atoms. The van der Waals surface area contributed by atoms with Gasteiger partial charge in [-0.1, -0.05) is 6.07 Å². The molecule has 0 atom stereocenters. The largest absolute Gasteiger partial charge is 0.367 e. The Morgan fingerprint density at radius 1 is 1.23 bits per heavy atom. The van der Waals surface area contributed by atoms with Gasteiger partial charge in [0.15, 0.2) is 0 Å². The van der Waals surface area contributed by atoms with Gasteiger partial charge >= 0.3 is 0 Å². The summed E-state index contributed by atoms with van der Waals surface area (Å²) < 4.78 is 0. The van der Waals surface area contributed by atoms with Gasteiger partial charge in [0.1, 0.15) is 5.82 Å². The molecule has 2 aliphatic rings. The van der Waals surface area contributed by atoms with Gasteiger partial charge in [0.2, 0.25) is 0 Å². The van der Waals surface area contributed by atoms with Gasteiger partial charge in [-0.05, 0) is 43.7 Å². The summed E-state index contributed by atoms with van der Waals surface area (Å²) in [5, 5.41) is 3.43. The molecule has 0 unspecified atom stereocenters. The molecule has 2 aliphatic carbocycles. The molecule has 2 heteroatoms. The number of hydrogen-bond acceptors (Lipinski definition) is 2. The van der Waals surface area contributed by atoms with Gasteiger partial charge in [0.25, 0.3) is 0 Å². The van der Waals surface area contributed by atoms with E-state index in [-0.39, 0.29) is 0 Å². The van der Waals surface area contributed by atoms with Crippen molar-refractivity contribution in [1.82, 2.24) is 4.98 Å². The quantitative estimate of drug-likeness (QED) is 0.743. The van der Waals surface area contributed by atoms with Crippen molar-refractivity contribution in [2.75, 3.05) is 5.32 Å². The molecule has 13 heavy (non-hydrogen) atoms. The second kappa shape index (κ2) is 2.72. The molecule has 1 aromatic rings. The van der Waals surface area contributed by atoms with Crippen LogP contribution in [-0.2, 0) is 12.8 Å². The molecule has 1 aromatic heterocycles. The van der Waals surface area contributed by atoms with E-state index in [2.05, 4.69) is 22.4 Å². The number of pyridine rings is 1. The van der Waals surface area contributed by atoms with Crippen LogP contribution in [-0.4, -0.2) is 11.0 Å². The summed E-state index contributed by atoms with van der Waals surface area (Å²) in [6.45, 7) is 0. The molecule has 1 heterocycles. The fourth-order valence-electron chi connectivity index (χ4n) is 1.94. The number of anilines is 1. The van der Waals surface area contributed by atoms with Crippen molar-refractivity contribution in [3.05, 3.63) is 23.4 Å². The van der Waals surface area contributed by atoms with Crippen molar-refractivity contribution in [3.8, 4) is 0 Å². The first-order valence-electron chi connectivity index (χ1n) is 5.17. The Kier molecular flexibility index (Phi) is 1.54. The number of nitrogens with zero attached hydrogens (tertiary/aromatic N) is 1. The van der Waals surface area contributed by atoms with Gasteiger partial charge in [-0.15, -0.1) is 0 Å². The van der Waals surface area contributed by atoms with Crippen LogP contribution in [0.2, 0.25) is 0 Å². The van der Waals surface area contributed by atoms with E-state index in [1.54, 1.807) is 0 Å². The average Bonchev–Trinajstić information content (AvgIpc) is 2.83. The van der Waals surface area contributed by atoms with Gasteiger partial charge < -0.3 is 5.32 Å². The van der Waals surface area contributed by atoms with E-state index >= 15 is 0 Å². The lowest BCUT2D eigenvalue weighted by atomic mass is 10.2. The van der Waals surface area contributed by atoms with Gasteiger partial charge in [-0.25, -0.2) is 4.98 Å². The van der Waals surface area contributed by atoms with E-state index in [0.717, 1.165) is 5.82 Å². The van der Waals surface area contributed by atoms with Crippen molar-refractivity contribution < 1.29 is 0 Å². The van der Waals surface area contributed by atoms with E-state index in [1.807, 2.05) is 0 Å². The van der Waals surface area contributed by atoms with Crippen LogP contribution in [0.4, 0.5) is 5.82 Å². The van der Waals surface area contributed by atoms with Gasteiger partial charge in [0, 0.05) is 11.7 Å². The van der Waals surface area contributed by atoms with Crippen LogP contribution in [0, 0.1) is 0 Å². The van der Waals surface area contributed by atoms with Crippen molar-refractivity contribution in [2.45, 2.75) is 38.1 Å². The highest BCUT2D eigenvalue weighted by atomic mass is 15.0. The lowest BCUT2D eigenvalue weighted by Gasteiger charge is -2.05. The smallest absolute Gasteiger partial charge is 0.126 e. The van der Waals surface area contributed by atoms with Crippen LogP contribution in [0.1, 0.15) is 30.5 Å². The first-order chi connectivity index (χ1) is 6.42. The van der Waals surface area contributed by atoms with E-state index in [0.29, 0.717) is 6.04 Å². The molecular weight excluding hydrogens is 160 g/mol. The van der Waals surface area contributed by atoms with Crippen LogP contribution >= 0.6 is 0 Å². The summed E-state index contributed by atoms with van der Waals surface area (Å²) >= 11 is 0. The van der Waals surface area contributed by atoms with Gasteiger partial charge in [-0.2, -0.15) is 0 Å². The van der Waals surface area contributed by atoms with Crippen LogP contribution in [0.5, 0.6) is 0 Å². The molecule has 68 valence electrons. The molecular formula is C11H14N2. The van der Waals surface area contributed by atoms with E-state index in [9.17, 15) is 0 Å². The number of hydrogen-bond donors (Lipinski definition) is 1. The Hall–Kier alpha value is -1.05. The zero-order valence-electron chi connectivity index (χ0n) is 7.71. The topological polar surface area (TPSA) is 24.9 Å². The first-order valence-corrected chi connectivity index (χ1v) is 5.17. The van der Waals surface area contributed by atoms with Crippen LogP contribution in [0.15, 0.2) is 12.1 Å². The van der Waals surface area contributed by atoms with Crippen molar-refractivity contribution in [2.24, 2.45) is 0 Å². The highest BCUT2D eigenvalue weighted by Gasteiger charge is 2.22. The fraction of sp³-hybridized carbons (Fsp3) is 0.545. The summed E-state index contributed by atoms with van der Waals surface area (Å²) in [6.07, 6.45) is 6.33. The average molecular weight is 174 g/mol. The molecule has 1 fully saturated rings. The molecule has 0 aromatic carbocycles. The van der Waals surface area contributed by atoms with Crippen molar-refractivity contribution in [1.29, 1.82) is 0 Å². The SMILES string of the molecule is c1cc2c(nc1NC1CC1)CCC2. The standard InChI is InChI=1S/C11H14N2/c1-2-8-4-7-11(12-9-5-6-9)13-10(8)3-1/h4,7,9H,1-3,5-6H2,(H,12,13). The normalized spacial score (nSPS) is 20.0. The Labute approximate surface area is 78.4 Å². The number of nitrogens with one attached hydrogen (secondary N) is 1. The van der Waals surface area contributed by atoms with Crippen LogP contribution in [0.3, 0.4) is 0 Å². The predicted octanol–water partition coefficient (Wildman–Crippen LogP) is 2.14. The monoisotopic (exact) mass is 174 g/mol. The number of aryl methyl sites for hydroxylation is 2. The van der Waals surface area contributed by atoms with Crippen LogP contribution in [0.25, 0.3) is 0 Å². The van der Waals surface area contributed by atoms with E-state index in [1.165, 1.54) is 43.4 Å². The van der Waals surface area contributed by atoms with E-state index < -0.39 is 0 Å². The summed E-state index contributed by atoms with van der Waals surface area (Å²) in [6, 6.07) is 5.08. The summed E-state index contributed by atoms with van der Waals surface area (Å²) in [5.41, 5.74) is 2.78. The Balaban J connectivity index is 1.86. The minimum Gasteiger partial charge on any atom is -0.367 e. The van der Waals surface area contributed by atoms with Crippen molar-refractivity contribution in [3.63, 3.8) is 0 Å². The molecule has 0 radical (unpaired) electrons. The zero-order valence-corrected chi connectivity index (χ0v) is 7.71. The molecule has 0 saturated heterocycles. The Bertz CT molecular complexity index is 329. The Morgan fingerprint density at radius 2 is 2.15 bits per heavy atom. The molecule has 2 nitrogen and oxygen atoms in total. The molecule has 0 aliphatic heterocycles. The first kappa shape index (κ1) is 7.36. The highest BCUT2D eigenvalue weighted by Crippen LogP contribution is 2.26. The van der Waals surface area contributed by atoms with Gasteiger partial charge in [0.05, 0.1) is 0 Å². The summed E-state index contributed by atoms with van der Waals surface area (Å²) in [5.74, 6) is 1.09. The molecule has 0 spiro atoms. The number of rotatable bonds is 2. The second-order valence-corrected chi connectivity index (χ2v) is 4.07. The lowest BCUT2D eigenvalue weighted by molar-refractivity contribution is 0.899. The van der Waals surface area contributed by atoms with Crippen LogP contribution < -0.4 is 5.32 Å². The minimum atomic E-state index is 0.715. The zero-order chi connectivity index (χ0) is 8.67. The predicted molar refractivity (Wildman–Crippen MR) is 52.9 cm³/mol. The van der Waals surface area contributed by atoms with Crippen molar-refractivity contribution >= 4 is 5.82 Å². The fourth-order valence-corrected chi connectivity index (χ4v) is 1.94. The maximum absolute atomic E-state index is 4.62. The Morgan fingerprint density at radius 3 is 3.00 bits per heavy atom. The second-order valence-electron chi connectivity index (χ2n) is 4.07. The number of aromatic nitrogens is 1. The molecule has 1 N–H and O–H groups in total. The molecule has 3 rings (SSSR count). The lowest BCUT2D eigenvalue weighted by Crippen LogP contribution is -2.04. The maximum atomic E-state index is 4.62. The summed E-state index contributed by atoms with van der Waals surface area (Å²) in [4.78, 5) is 4.62. The van der Waals surface area contributed by atoms with Gasteiger partial charge in [-0.3, -0.25) is 0 Å². The third-order valence-corrected chi connectivity index (χ3v) is 2.86. The minimum absolute atomic E-state index is 0.715. The molecule has 1 saturated carbocycles. The highest BCUT2D eigenvalue weighted by molar-refractivity contribution is 5.42. The van der Waals surface area contributed by atoms with E-state index in [4.69, 9.17) is 0 Å². The summed E-state index contributed by atoms with van der Waals surface area (Å²) in [7, 11) is 0. The number of fused-ring (bicyclic) bond motifs is 1.